The Kier molecular flexibility index (Phi) is 7.72. The van der Waals surface area contributed by atoms with Gasteiger partial charge in [-0.25, -0.2) is 13.2 Å². The van der Waals surface area contributed by atoms with Crippen LogP contribution in [0.15, 0.2) is 29.2 Å². The van der Waals surface area contributed by atoms with E-state index in [0.29, 0.717) is 19.3 Å². The molecule has 1 aromatic rings. The number of benzene rings is 1. The minimum atomic E-state index is -4.56. The van der Waals surface area contributed by atoms with Crippen LogP contribution < -0.4 is 0 Å². The maximum absolute atomic E-state index is 13.5. The Hall–Kier alpha value is -2.34. The lowest BCUT2D eigenvalue weighted by molar-refractivity contribution is -0.139. The van der Waals surface area contributed by atoms with E-state index in [1.165, 1.54) is 11.4 Å². The molecule has 0 spiro atoms. The Balaban J connectivity index is 1.77. The Labute approximate surface area is 210 Å². The molecular formula is C24H34F3N3O5S. The lowest BCUT2D eigenvalue weighted by atomic mass is 9.86. The summed E-state index contributed by atoms with van der Waals surface area (Å²) in [6, 6.07) is 2.32. The molecule has 8 nitrogen and oxygen atoms in total. The van der Waals surface area contributed by atoms with Gasteiger partial charge in [0.05, 0.1) is 10.5 Å². The maximum Gasteiger partial charge on any atom is 0.416 e. The van der Waals surface area contributed by atoms with E-state index in [1.807, 2.05) is 20.8 Å². The number of nitrogens with zero attached hydrogens (tertiary/aromatic N) is 3. The van der Waals surface area contributed by atoms with Crippen LogP contribution in [0.3, 0.4) is 0 Å². The molecular weight excluding hydrogens is 499 g/mol. The van der Waals surface area contributed by atoms with Crippen LogP contribution >= 0.6 is 0 Å². The van der Waals surface area contributed by atoms with Crippen molar-refractivity contribution in [1.29, 1.82) is 0 Å². The monoisotopic (exact) mass is 533 g/mol. The minimum absolute atomic E-state index is 0.00717. The average molecular weight is 534 g/mol. The van der Waals surface area contributed by atoms with Gasteiger partial charge in [-0.3, -0.25) is 9.69 Å². The molecule has 1 N–H and O–H groups in total. The molecule has 1 aliphatic carbocycles. The van der Waals surface area contributed by atoms with Crippen molar-refractivity contribution in [2.75, 3.05) is 27.2 Å². The molecule has 202 valence electrons. The third-order valence-corrected chi connectivity index (χ3v) is 9.16. The molecule has 2 amide bonds. The number of hydrogen-bond acceptors (Lipinski definition) is 4. The second kappa shape index (κ2) is 9.85. The summed E-state index contributed by atoms with van der Waals surface area (Å²) in [5.74, 6) is -0.467. The molecule has 1 aromatic carbocycles. The number of amides is 2. The molecule has 0 aromatic heterocycles. The van der Waals surface area contributed by atoms with E-state index < -0.39 is 33.9 Å². The molecule has 2 fully saturated rings. The molecule has 0 unspecified atom stereocenters. The predicted octanol–water partition coefficient (Wildman–Crippen LogP) is 3.98. The summed E-state index contributed by atoms with van der Waals surface area (Å²) in [6.07, 6.45) is -4.06. The highest BCUT2D eigenvalue weighted by atomic mass is 32.2. The van der Waals surface area contributed by atoms with E-state index in [2.05, 4.69) is 0 Å². The molecule has 12 heteroatoms. The van der Waals surface area contributed by atoms with Crippen molar-refractivity contribution >= 4 is 22.0 Å². The van der Waals surface area contributed by atoms with Crippen molar-refractivity contribution in [1.82, 2.24) is 14.1 Å². The molecule has 36 heavy (non-hydrogen) atoms. The number of rotatable bonds is 6. The van der Waals surface area contributed by atoms with Crippen molar-refractivity contribution < 1.29 is 36.3 Å². The van der Waals surface area contributed by atoms with Crippen molar-refractivity contribution in [3.63, 3.8) is 0 Å². The highest BCUT2D eigenvalue weighted by Crippen LogP contribution is 2.43. The molecule has 4 atom stereocenters. The second-order valence-electron chi connectivity index (χ2n) is 11.0. The van der Waals surface area contributed by atoms with Gasteiger partial charge in [-0.15, -0.1) is 0 Å². The van der Waals surface area contributed by atoms with Gasteiger partial charge in [0.25, 0.3) is 0 Å². The van der Waals surface area contributed by atoms with Crippen LogP contribution in [-0.4, -0.2) is 78.9 Å². The average Bonchev–Trinajstić information content (AvgIpc) is 3.36. The number of carboxylic acid groups (broad SMARTS) is 1. The fourth-order valence-corrected chi connectivity index (χ4v) is 6.87. The smallest absolute Gasteiger partial charge is 0.416 e. The Morgan fingerprint density at radius 2 is 1.67 bits per heavy atom. The van der Waals surface area contributed by atoms with E-state index in [4.69, 9.17) is 0 Å². The summed E-state index contributed by atoms with van der Waals surface area (Å²) in [5.41, 5.74) is -1.22. The standard InChI is InChI=1S/C24H34F3N3O5S/c1-23(2,3)12-20(29(5)22(32)33)21(31)28(4)19-11-6-15-13-30(14-18(15)19)36(34,35)17-9-7-16(8-10-17)24(25,26)27/h7-10,15,18-20H,6,11-14H2,1-5H3,(H,32,33)/t15-,18+,19+,20+/m1/s1. The van der Waals surface area contributed by atoms with Crippen molar-refractivity contribution in [2.45, 2.75) is 63.2 Å². The lowest BCUT2D eigenvalue weighted by Crippen LogP contribution is -2.53. The summed E-state index contributed by atoms with van der Waals surface area (Å²) < 4.78 is 66.2. The number of hydrogen-bond donors (Lipinski definition) is 1. The second-order valence-corrected chi connectivity index (χ2v) is 13.0. The number of carbonyl (C=O) groups excluding carboxylic acids is 1. The van der Waals surface area contributed by atoms with Gasteiger partial charge in [0.1, 0.15) is 6.04 Å². The van der Waals surface area contributed by atoms with Gasteiger partial charge in [-0.05, 0) is 60.8 Å². The van der Waals surface area contributed by atoms with Gasteiger partial charge in [0.2, 0.25) is 15.9 Å². The summed E-state index contributed by atoms with van der Waals surface area (Å²) in [6.45, 7) is 6.16. The molecule has 1 saturated carbocycles. The van der Waals surface area contributed by atoms with E-state index in [-0.39, 0.29) is 47.2 Å². The van der Waals surface area contributed by atoms with E-state index in [1.54, 1.807) is 11.9 Å². The maximum atomic E-state index is 13.5. The van der Waals surface area contributed by atoms with E-state index in [0.717, 1.165) is 29.2 Å². The molecule has 2 aliphatic rings. The van der Waals surface area contributed by atoms with Gasteiger partial charge in [-0.2, -0.15) is 17.5 Å². The van der Waals surface area contributed by atoms with Crippen LogP contribution in [-0.2, 0) is 21.0 Å². The van der Waals surface area contributed by atoms with Crippen LogP contribution in [0, 0.1) is 17.3 Å². The quantitative estimate of drug-likeness (QED) is 0.597. The van der Waals surface area contributed by atoms with Crippen molar-refractivity contribution in [3.8, 4) is 0 Å². The van der Waals surface area contributed by atoms with E-state index >= 15 is 0 Å². The first-order valence-corrected chi connectivity index (χ1v) is 13.3. The van der Waals surface area contributed by atoms with Gasteiger partial charge >= 0.3 is 12.3 Å². The van der Waals surface area contributed by atoms with Crippen LogP contribution in [0.5, 0.6) is 0 Å². The number of carbonyl (C=O) groups is 2. The number of halogens is 3. The Morgan fingerprint density at radius 1 is 1.08 bits per heavy atom. The fourth-order valence-electron chi connectivity index (χ4n) is 5.34. The summed E-state index contributed by atoms with van der Waals surface area (Å²) in [7, 11) is -0.997. The van der Waals surface area contributed by atoms with Crippen molar-refractivity contribution in [3.05, 3.63) is 29.8 Å². The molecule has 1 heterocycles. The molecule has 0 bridgehead atoms. The SMILES string of the molecule is CN(C(=O)O)[C@@H](CC(C)(C)C)C(=O)N(C)[C@H]1CC[C@@H]2CN(S(=O)(=O)c3ccc(C(F)(F)F)cc3)C[C@@H]21. The highest BCUT2D eigenvalue weighted by Gasteiger charge is 2.49. The normalized spacial score (nSPS) is 23.8. The number of fused-ring (bicyclic) bond motifs is 1. The fraction of sp³-hybridized carbons (Fsp3) is 0.667. The zero-order valence-electron chi connectivity index (χ0n) is 21.1. The Bertz CT molecular complexity index is 1090. The van der Waals surface area contributed by atoms with E-state index in [9.17, 15) is 36.3 Å². The first kappa shape index (κ1) is 28.2. The molecule has 1 saturated heterocycles. The summed E-state index contributed by atoms with van der Waals surface area (Å²) in [4.78, 5) is 27.5. The first-order valence-electron chi connectivity index (χ1n) is 11.8. The number of likely N-dealkylation sites (N-methyl/N-ethyl adjacent to an activating group) is 2. The van der Waals surface area contributed by atoms with Crippen LogP contribution in [0.2, 0.25) is 0 Å². The minimum Gasteiger partial charge on any atom is -0.465 e. The first-order chi connectivity index (χ1) is 16.4. The number of alkyl halides is 3. The third kappa shape index (κ3) is 5.80. The van der Waals surface area contributed by atoms with Gasteiger partial charge in [0, 0.05) is 33.2 Å². The zero-order valence-corrected chi connectivity index (χ0v) is 21.9. The Morgan fingerprint density at radius 3 is 2.17 bits per heavy atom. The highest BCUT2D eigenvalue weighted by molar-refractivity contribution is 7.89. The van der Waals surface area contributed by atoms with Crippen LogP contribution in [0.1, 0.15) is 45.6 Å². The summed E-state index contributed by atoms with van der Waals surface area (Å²) in [5, 5.41) is 9.51. The predicted molar refractivity (Wildman–Crippen MR) is 127 cm³/mol. The van der Waals surface area contributed by atoms with Crippen molar-refractivity contribution in [2.24, 2.45) is 17.3 Å². The third-order valence-electron chi connectivity index (χ3n) is 7.31. The topological polar surface area (TPSA) is 98.2 Å². The number of sulfonamides is 1. The van der Waals surface area contributed by atoms with Crippen LogP contribution in [0.4, 0.5) is 18.0 Å². The molecule has 0 radical (unpaired) electrons. The van der Waals surface area contributed by atoms with Gasteiger partial charge in [0.15, 0.2) is 0 Å². The zero-order chi connectivity index (χ0) is 27.2. The van der Waals surface area contributed by atoms with Gasteiger partial charge < -0.3 is 10.0 Å². The van der Waals surface area contributed by atoms with Crippen LogP contribution in [0.25, 0.3) is 0 Å². The molecule has 3 rings (SSSR count). The largest absolute Gasteiger partial charge is 0.465 e. The lowest BCUT2D eigenvalue weighted by Gasteiger charge is -2.37. The summed E-state index contributed by atoms with van der Waals surface area (Å²) >= 11 is 0. The molecule has 1 aliphatic heterocycles. The van der Waals surface area contributed by atoms with Gasteiger partial charge in [-0.1, -0.05) is 20.8 Å².